The molecule has 114 valence electrons. The normalized spacial score (nSPS) is 36.5. The van der Waals surface area contributed by atoms with E-state index in [1.807, 2.05) is 0 Å². The predicted octanol–water partition coefficient (Wildman–Crippen LogP) is 0.0995. The van der Waals surface area contributed by atoms with Gasteiger partial charge in [-0.25, -0.2) is 13.2 Å². The van der Waals surface area contributed by atoms with Gasteiger partial charge in [-0.1, -0.05) is 6.42 Å². The van der Waals surface area contributed by atoms with E-state index in [1.165, 1.54) is 12.8 Å². The highest BCUT2D eigenvalue weighted by Gasteiger charge is 2.37. The lowest BCUT2D eigenvalue weighted by atomic mass is 9.99. The average Bonchev–Trinajstić information content (AvgIpc) is 2.94. The first-order chi connectivity index (χ1) is 9.53. The third kappa shape index (κ3) is 3.09. The Morgan fingerprint density at radius 3 is 2.65 bits per heavy atom. The Balaban J connectivity index is 1.49. The first-order valence-electron chi connectivity index (χ1n) is 7.55. The summed E-state index contributed by atoms with van der Waals surface area (Å²) in [6, 6.07) is 0.267. The fourth-order valence-corrected chi connectivity index (χ4v) is 5.39. The molecule has 2 N–H and O–H groups in total. The van der Waals surface area contributed by atoms with Crippen molar-refractivity contribution in [1.29, 1.82) is 0 Å². The topological polar surface area (TPSA) is 78.5 Å². The molecule has 3 atom stereocenters. The Morgan fingerprint density at radius 2 is 1.90 bits per heavy atom. The fraction of sp³-hybridized carbons (Fsp3) is 0.923. The summed E-state index contributed by atoms with van der Waals surface area (Å²) in [6.07, 6.45) is 5.19. The molecule has 3 aliphatic rings. The Morgan fingerprint density at radius 1 is 1.05 bits per heavy atom. The fourth-order valence-electron chi connectivity index (χ4n) is 3.72. The molecule has 3 heterocycles. The minimum Gasteiger partial charge on any atom is -0.334 e. The van der Waals surface area contributed by atoms with Crippen molar-refractivity contribution in [2.24, 2.45) is 0 Å². The zero-order valence-electron chi connectivity index (χ0n) is 11.7. The molecule has 2 amide bonds. The highest BCUT2D eigenvalue weighted by molar-refractivity contribution is 7.91. The number of carbonyl (C=O) groups excluding carboxylic acids is 1. The van der Waals surface area contributed by atoms with Crippen LogP contribution in [0, 0.1) is 0 Å². The molecule has 3 saturated heterocycles. The van der Waals surface area contributed by atoms with Gasteiger partial charge in [-0.3, -0.25) is 4.90 Å². The smallest absolute Gasteiger partial charge is 0.315 e. The van der Waals surface area contributed by atoms with Gasteiger partial charge < -0.3 is 10.6 Å². The summed E-state index contributed by atoms with van der Waals surface area (Å²) in [4.78, 5) is 14.5. The minimum absolute atomic E-state index is 0.0840. The number of hydrogen-bond acceptors (Lipinski definition) is 4. The number of nitrogens with zero attached hydrogens (tertiary/aromatic N) is 1. The SMILES string of the molecule is O=C(NC1CCS(=O)(=O)C1)NC1CCN2CCCCC12. The van der Waals surface area contributed by atoms with Crippen LogP contribution in [0.25, 0.3) is 0 Å². The molecule has 0 aromatic rings. The van der Waals surface area contributed by atoms with E-state index in [0.29, 0.717) is 12.5 Å². The molecule has 0 aromatic carbocycles. The van der Waals surface area contributed by atoms with Crippen molar-refractivity contribution in [3.63, 3.8) is 0 Å². The minimum atomic E-state index is -2.94. The molecule has 0 aromatic heterocycles. The number of nitrogens with one attached hydrogen (secondary N) is 2. The molecule has 7 heteroatoms. The van der Waals surface area contributed by atoms with Gasteiger partial charge in [-0.05, 0) is 32.2 Å². The quantitative estimate of drug-likeness (QED) is 0.758. The van der Waals surface area contributed by atoms with Gasteiger partial charge in [0.1, 0.15) is 0 Å². The maximum Gasteiger partial charge on any atom is 0.315 e. The van der Waals surface area contributed by atoms with Crippen molar-refractivity contribution in [3.8, 4) is 0 Å². The van der Waals surface area contributed by atoms with E-state index < -0.39 is 9.84 Å². The second kappa shape index (κ2) is 5.52. The Labute approximate surface area is 120 Å². The van der Waals surface area contributed by atoms with Crippen LogP contribution < -0.4 is 10.6 Å². The van der Waals surface area contributed by atoms with Crippen LogP contribution in [0.1, 0.15) is 32.1 Å². The van der Waals surface area contributed by atoms with Gasteiger partial charge in [0, 0.05) is 24.7 Å². The van der Waals surface area contributed by atoms with E-state index >= 15 is 0 Å². The molecular weight excluding hydrogens is 278 g/mol. The van der Waals surface area contributed by atoms with Gasteiger partial charge in [0.15, 0.2) is 9.84 Å². The number of rotatable bonds is 2. The molecule has 20 heavy (non-hydrogen) atoms. The highest BCUT2D eigenvalue weighted by Crippen LogP contribution is 2.27. The van der Waals surface area contributed by atoms with Crippen LogP contribution in [-0.2, 0) is 9.84 Å². The van der Waals surface area contributed by atoms with Crippen LogP contribution in [0.15, 0.2) is 0 Å². The monoisotopic (exact) mass is 301 g/mol. The van der Waals surface area contributed by atoms with Crippen molar-refractivity contribution < 1.29 is 13.2 Å². The van der Waals surface area contributed by atoms with Crippen molar-refractivity contribution in [1.82, 2.24) is 15.5 Å². The number of urea groups is 1. The second-order valence-electron chi connectivity index (χ2n) is 6.21. The van der Waals surface area contributed by atoms with E-state index in [4.69, 9.17) is 0 Å². The van der Waals surface area contributed by atoms with Crippen LogP contribution in [0.3, 0.4) is 0 Å². The number of hydrogen-bond donors (Lipinski definition) is 2. The van der Waals surface area contributed by atoms with Crippen LogP contribution in [-0.4, -0.2) is 62.1 Å². The summed E-state index contributed by atoms with van der Waals surface area (Å²) in [7, 11) is -2.94. The molecule has 0 saturated carbocycles. The van der Waals surface area contributed by atoms with E-state index in [1.54, 1.807) is 0 Å². The van der Waals surface area contributed by atoms with Crippen molar-refractivity contribution in [2.45, 2.75) is 50.2 Å². The summed E-state index contributed by atoms with van der Waals surface area (Å²) in [5.41, 5.74) is 0. The Hall–Kier alpha value is -0.820. The van der Waals surface area contributed by atoms with Crippen molar-refractivity contribution >= 4 is 15.9 Å². The molecule has 3 rings (SSSR count). The maximum atomic E-state index is 12.0. The summed E-state index contributed by atoms with van der Waals surface area (Å²) in [6.45, 7) is 2.21. The number of carbonyl (C=O) groups is 1. The lowest BCUT2D eigenvalue weighted by molar-refractivity contribution is 0.178. The largest absolute Gasteiger partial charge is 0.334 e. The van der Waals surface area contributed by atoms with Gasteiger partial charge in [-0.2, -0.15) is 0 Å². The van der Waals surface area contributed by atoms with Gasteiger partial charge in [0.25, 0.3) is 0 Å². The maximum absolute atomic E-state index is 12.0. The number of fused-ring (bicyclic) bond motifs is 1. The number of amides is 2. The van der Waals surface area contributed by atoms with E-state index in [9.17, 15) is 13.2 Å². The lowest BCUT2D eigenvalue weighted by Gasteiger charge is -2.32. The summed E-state index contributed by atoms with van der Waals surface area (Å²) < 4.78 is 22.8. The summed E-state index contributed by atoms with van der Waals surface area (Å²) >= 11 is 0. The van der Waals surface area contributed by atoms with Gasteiger partial charge in [-0.15, -0.1) is 0 Å². The van der Waals surface area contributed by atoms with Gasteiger partial charge in [0.2, 0.25) is 0 Å². The predicted molar refractivity (Wildman–Crippen MR) is 76.3 cm³/mol. The molecule has 3 unspecified atom stereocenters. The molecular formula is C13H23N3O3S. The van der Waals surface area contributed by atoms with Crippen molar-refractivity contribution in [3.05, 3.63) is 0 Å². The molecule has 0 bridgehead atoms. The third-order valence-corrected chi connectivity index (χ3v) is 6.51. The molecule has 3 fully saturated rings. The van der Waals surface area contributed by atoms with E-state index in [-0.39, 0.29) is 29.6 Å². The van der Waals surface area contributed by atoms with Crippen LogP contribution >= 0.6 is 0 Å². The summed E-state index contributed by atoms with van der Waals surface area (Å²) in [5, 5.41) is 5.85. The lowest BCUT2D eigenvalue weighted by Crippen LogP contribution is -2.51. The van der Waals surface area contributed by atoms with Crippen LogP contribution in [0.2, 0.25) is 0 Å². The summed E-state index contributed by atoms with van der Waals surface area (Å²) in [5.74, 6) is 0.276. The van der Waals surface area contributed by atoms with Crippen LogP contribution in [0.5, 0.6) is 0 Å². The molecule has 0 aliphatic carbocycles. The van der Waals surface area contributed by atoms with Gasteiger partial charge in [0.05, 0.1) is 11.5 Å². The van der Waals surface area contributed by atoms with Gasteiger partial charge >= 0.3 is 6.03 Å². The van der Waals surface area contributed by atoms with E-state index in [0.717, 1.165) is 25.9 Å². The number of piperidine rings is 1. The zero-order valence-corrected chi connectivity index (χ0v) is 12.5. The standard InChI is InChI=1S/C13H23N3O3S/c17-13(14-10-5-8-20(18,19)9-10)15-11-4-7-16-6-2-1-3-12(11)16/h10-12H,1-9H2,(H2,14,15,17). The van der Waals surface area contributed by atoms with E-state index in [2.05, 4.69) is 15.5 Å². The first-order valence-corrected chi connectivity index (χ1v) is 9.37. The van der Waals surface area contributed by atoms with Crippen molar-refractivity contribution in [2.75, 3.05) is 24.6 Å². The zero-order chi connectivity index (χ0) is 14.2. The first kappa shape index (κ1) is 14.1. The Kier molecular flexibility index (Phi) is 3.90. The molecule has 0 spiro atoms. The Bertz CT molecular complexity index is 479. The second-order valence-corrected chi connectivity index (χ2v) is 8.44. The molecule has 6 nitrogen and oxygen atoms in total. The van der Waals surface area contributed by atoms with Crippen LogP contribution in [0.4, 0.5) is 4.79 Å². The average molecular weight is 301 g/mol. The molecule has 3 aliphatic heterocycles. The number of sulfone groups is 1. The molecule has 0 radical (unpaired) electrons. The highest BCUT2D eigenvalue weighted by atomic mass is 32.2. The third-order valence-electron chi connectivity index (χ3n) is 4.74.